The quantitative estimate of drug-likeness (QED) is 0.577. The third kappa shape index (κ3) is 5.26. The van der Waals surface area contributed by atoms with Crippen LogP contribution in [0.4, 0.5) is 13.2 Å². The lowest BCUT2D eigenvalue weighted by Crippen LogP contribution is -2.39. The fourth-order valence-electron chi connectivity index (χ4n) is 5.87. The minimum Gasteiger partial charge on any atom is -0.396 e. The van der Waals surface area contributed by atoms with Crippen LogP contribution in [0, 0.1) is 0 Å². The number of aliphatic hydroxyl groups excluding tert-OH is 1. The standard InChI is InChI=1S/C27H33F3N4O3/c28-27(29,30)22-6-2-1-5-20(22)23-7-3-13-33(23)26(37)21-17-31-34(25(21)18-9-10-18)19-11-14-32(15-12-19)24(36)8-4-16-35/h1-2,5-6,17-19,23,35H,3-4,7-16H2. The predicted molar refractivity (Wildman–Crippen MR) is 130 cm³/mol. The van der Waals surface area contributed by atoms with Gasteiger partial charge in [0.1, 0.15) is 0 Å². The van der Waals surface area contributed by atoms with E-state index in [9.17, 15) is 22.8 Å². The van der Waals surface area contributed by atoms with Crippen molar-refractivity contribution in [2.24, 2.45) is 0 Å². The molecule has 37 heavy (non-hydrogen) atoms. The Bertz CT molecular complexity index is 1140. The van der Waals surface area contributed by atoms with Gasteiger partial charge in [-0.1, -0.05) is 18.2 Å². The van der Waals surface area contributed by atoms with Crippen LogP contribution in [-0.2, 0) is 11.0 Å². The molecule has 3 aliphatic rings. The van der Waals surface area contributed by atoms with Crippen LogP contribution in [0.3, 0.4) is 0 Å². The molecule has 7 nitrogen and oxygen atoms in total. The van der Waals surface area contributed by atoms with Gasteiger partial charge in [0.2, 0.25) is 5.91 Å². The van der Waals surface area contributed by atoms with Crippen molar-refractivity contribution in [3.63, 3.8) is 0 Å². The van der Waals surface area contributed by atoms with Crippen molar-refractivity contribution < 1.29 is 27.9 Å². The van der Waals surface area contributed by atoms with Crippen LogP contribution >= 0.6 is 0 Å². The van der Waals surface area contributed by atoms with E-state index in [0.29, 0.717) is 50.9 Å². The van der Waals surface area contributed by atoms with Crippen LogP contribution in [0.5, 0.6) is 0 Å². The van der Waals surface area contributed by atoms with E-state index >= 15 is 0 Å². The number of aromatic nitrogens is 2. The Morgan fingerprint density at radius 2 is 1.76 bits per heavy atom. The van der Waals surface area contributed by atoms with Crippen molar-refractivity contribution in [3.05, 3.63) is 52.8 Å². The Morgan fingerprint density at radius 1 is 1.03 bits per heavy atom. The lowest BCUT2D eigenvalue weighted by atomic mass is 9.97. The SMILES string of the molecule is O=C(CCCO)N1CCC(n2ncc(C(=O)N3CCCC3c3ccccc3C(F)(F)F)c2C2CC2)CC1. The minimum atomic E-state index is -4.48. The highest BCUT2D eigenvalue weighted by molar-refractivity contribution is 5.96. The summed E-state index contributed by atoms with van der Waals surface area (Å²) in [6.07, 6.45) is 2.44. The first kappa shape index (κ1) is 25.8. The fraction of sp³-hybridized carbons (Fsp3) is 0.593. The van der Waals surface area contributed by atoms with E-state index in [1.807, 2.05) is 9.58 Å². The molecular weight excluding hydrogens is 485 g/mol. The van der Waals surface area contributed by atoms with Crippen molar-refractivity contribution in [1.29, 1.82) is 0 Å². The van der Waals surface area contributed by atoms with E-state index in [1.165, 1.54) is 12.1 Å². The number of carbonyl (C=O) groups is 2. The third-order valence-corrected chi connectivity index (χ3v) is 7.88. The molecule has 200 valence electrons. The zero-order chi connectivity index (χ0) is 26.2. The van der Waals surface area contributed by atoms with E-state index in [1.54, 1.807) is 17.2 Å². The molecule has 1 aromatic carbocycles. The van der Waals surface area contributed by atoms with Crippen LogP contribution < -0.4 is 0 Å². The molecule has 2 aliphatic heterocycles. The van der Waals surface area contributed by atoms with E-state index in [4.69, 9.17) is 5.11 Å². The topological polar surface area (TPSA) is 78.7 Å². The van der Waals surface area contributed by atoms with Crippen molar-refractivity contribution in [3.8, 4) is 0 Å². The van der Waals surface area contributed by atoms with Gasteiger partial charge in [-0.2, -0.15) is 18.3 Å². The highest BCUT2D eigenvalue weighted by Gasteiger charge is 2.42. The van der Waals surface area contributed by atoms with Crippen molar-refractivity contribution in [2.75, 3.05) is 26.2 Å². The Labute approximate surface area is 214 Å². The Kier molecular flexibility index (Phi) is 7.29. The lowest BCUT2D eigenvalue weighted by Gasteiger charge is -2.33. The maximum absolute atomic E-state index is 13.8. The fourth-order valence-corrected chi connectivity index (χ4v) is 5.87. The first-order valence-electron chi connectivity index (χ1n) is 13.2. The van der Waals surface area contributed by atoms with Gasteiger partial charge < -0.3 is 14.9 Å². The van der Waals surface area contributed by atoms with Crippen molar-refractivity contribution >= 4 is 11.8 Å². The van der Waals surface area contributed by atoms with Gasteiger partial charge in [-0.05, 0) is 56.6 Å². The van der Waals surface area contributed by atoms with Gasteiger partial charge in [0.15, 0.2) is 0 Å². The number of hydrogen-bond donors (Lipinski definition) is 1. The molecule has 3 heterocycles. The number of halogens is 3. The van der Waals surface area contributed by atoms with E-state index < -0.39 is 17.8 Å². The Balaban J connectivity index is 1.36. The number of benzene rings is 1. The molecule has 0 spiro atoms. The molecule has 2 amide bonds. The monoisotopic (exact) mass is 518 g/mol. The van der Waals surface area contributed by atoms with E-state index in [0.717, 1.165) is 37.4 Å². The Hall–Kier alpha value is -2.88. The summed E-state index contributed by atoms with van der Waals surface area (Å²) >= 11 is 0. The van der Waals surface area contributed by atoms with Gasteiger partial charge >= 0.3 is 6.18 Å². The molecule has 5 rings (SSSR count). The number of hydrogen-bond acceptors (Lipinski definition) is 4. The van der Waals surface area contributed by atoms with Gasteiger partial charge in [-0.25, -0.2) is 0 Å². The van der Waals surface area contributed by atoms with Crippen LogP contribution in [0.2, 0.25) is 0 Å². The summed E-state index contributed by atoms with van der Waals surface area (Å²) in [7, 11) is 0. The van der Waals surface area contributed by atoms with Crippen LogP contribution in [0.15, 0.2) is 30.5 Å². The lowest BCUT2D eigenvalue weighted by molar-refractivity contribution is -0.138. The van der Waals surface area contributed by atoms with Gasteiger partial charge in [-0.3, -0.25) is 14.3 Å². The molecule has 2 aromatic rings. The molecular formula is C27H33F3N4O3. The number of carbonyl (C=O) groups excluding carboxylic acids is 2. The van der Waals surface area contributed by atoms with Crippen LogP contribution in [-0.4, -0.2) is 62.7 Å². The first-order valence-corrected chi connectivity index (χ1v) is 13.2. The number of aliphatic hydroxyl groups is 1. The smallest absolute Gasteiger partial charge is 0.396 e. The molecule has 0 radical (unpaired) electrons. The summed E-state index contributed by atoms with van der Waals surface area (Å²) in [5, 5.41) is 13.6. The highest BCUT2D eigenvalue weighted by atomic mass is 19.4. The second-order valence-electron chi connectivity index (χ2n) is 10.3. The van der Waals surface area contributed by atoms with Gasteiger partial charge in [0, 0.05) is 38.6 Å². The van der Waals surface area contributed by atoms with E-state index in [-0.39, 0.29) is 35.9 Å². The molecule has 1 aliphatic carbocycles. The van der Waals surface area contributed by atoms with Crippen molar-refractivity contribution in [1.82, 2.24) is 19.6 Å². The molecule has 3 fully saturated rings. The molecule has 10 heteroatoms. The first-order chi connectivity index (χ1) is 17.8. The zero-order valence-electron chi connectivity index (χ0n) is 20.8. The predicted octanol–water partition coefficient (Wildman–Crippen LogP) is 4.69. The van der Waals surface area contributed by atoms with Gasteiger partial charge in [0.25, 0.3) is 5.91 Å². The second kappa shape index (κ2) is 10.5. The molecule has 1 saturated carbocycles. The van der Waals surface area contributed by atoms with Crippen LogP contribution in [0.1, 0.15) is 96.5 Å². The third-order valence-electron chi connectivity index (χ3n) is 7.88. The molecule has 0 bridgehead atoms. The minimum absolute atomic E-state index is 0.00326. The summed E-state index contributed by atoms with van der Waals surface area (Å²) in [4.78, 5) is 29.6. The van der Waals surface area contributed by atoms with Crippen molar-refractivity contribution in [2.45, 2.75) is 75.5 Å². The molecule has 1 unspecified atom stereocenters. The molecule has 1 aromatic heterocycles. The number of rotatable bonds is 7. The maximum atomic E-state index is 13.8. The number of likely N-dealkylation sites (tertiary alicyclic amines) is 2. The average molecular weight is 519 g/mol. The number of piperidine rings is 1. The van der Waals surface area contributed by atoms with E-state index in [2.05, 4.69) is 5.10 Å². The van der Waals surface area contributed by atoms with Gasteiger partial charge in [-0.15, -0.1) is 0 Å². The summed E-state index contributed by atoms with van der Waals surface area (Å²) in [5.41, 5.74) is 0.864. The number of alkyl halides is 3. The summed E-state index contributed by atoms with van der Waals surface area (Å²) in [5.74, 6) is 0.0314. The average Bonchev–Trinajstić information content (AvgIpc) is 3.44. The maximum Gasteiger partial charge on any atom is 0.416 e. The zero-order valence-corrected chi connectivity index (χ0v) is 20.8. The highest BCUT2D eigenvalue weighted by Crippen LogP contribution is 2.45. The molecule has 1 atom stereocenters. The Morgan fingerprint density at radius 3 is 2.43 bits per heavy atom. The summed E-state index contributed by atoms with van der Waals surface area (Å²) < 4.78 is 43.1. The van der Waals surface area contributed by atoms with Crippen LogP contribution in [0.25, 0.3) is 0 Å². The molecule has 1 N–H and O–H groups in total. The van der Waals surface area contributed by atoms with Gasteiger partial charge in [0.05, 0.1) is 35.1 Å². The number of amides is 2. The second-order valence-corrected chi connectivity index (χ2v) is 10.3. The summed E-state index contributed by atoms with van der Waals surface area (Å²) in [6.45, 7) is 1.62. The largest absolute Gasteiger partial charge is 0.416 e. The number of nitrogens with zero attached hydrogens (tertiary/aromatic N) is 4. The summed E-state index contributed by atoms with van der Waals surface area (Å²) in [6, 6.07) is 5.01. The molecule has 2 saturated heterocycles. The normalized spacial score (nSPS) is 21.0.